The molecule has 0 aliphatic heterocycles. The van der Waals surface area contributed by atoms with Crippen molar-refractivity contribution < 1.29 is 13.6 Å². The Kier molecular flexibility index (Phi) is 5.40. The van der Waals surface area contributed by atoms with Gasteiger partial charge in [-0.15, -0.1) is 5.11 Å². The molecule has 138 valence electrons. The smallest absolute Gasteiger partial charge is 0.186 e. The minimum Gasteiger partial charge on any atom is -0.289 e. The molecule has 0 radical (unpaired) electrons. The third kappa shape index (κ3) is 4.59. The van der Waals surface area contributed by atoms with Gasteiger partial charge in [-0.3, -0.25) is 4.79 Å². The molecule has 26 heavy (non-hydrogen) atoms. The average molecular weight is 358 g/mol. The molecule has 0 spiro atoms. The Morgan fingerprint density at radius 1 is 0.923 bits per heavy atom. The van der Waals surface area contributed by atoms with Crippen LogP contribution in [0.1, 0.15) is 41.5 Å². The quantitative estimate of drug-likeness (QED) is 0.559. The van der Waals surface area contributed by atoms with Gasteiger partial charge in [0.15, 0.2) is 11.6 Å². The molecule has 0 bridgehead atoms. The van der Waals surface area contributed by atoms with Gasteiger partial charge < -0.3 is 0 Å². The minimum atomic E-state index is -0.775. The maximum Gasteiger partial charge on any atom is 0.186 e. The second kappa shape index (κ2) is 7.06. The lowest BCUT2D eigenvalue weighted by Gasteiger charge is -2.31. The number of benzene rings is 1. The summed E-state index contributed by atoms with van der Waals surface area (Å²) >= 11 is 0. The van der Waals surface area contributed by atoms with E-state index in [1.807, 2.05) is 41.5 Å². The Balaban J connectivity index is 2.43. The summed E-state index contributed by atoms with van der Waals surface area (Å²) in [4.78, 5) is 12.8. The van der Waals surface area contributed by atoms with Crippen LogP contribution in [0.15, 0.2) is 63.5 Å². The van der Waals surface area contributed by atoms with Crippen molar-refractivity contribution in [1.29, 1.82) is 0 Å². The van der Waals surface area contributed by atoms with E-state index >= 15 is 0 Å². The highest BCUT2D eigenvalue weighted by atomic mass is 19.1. The Morgan fingerprint density at radius 3 is 1.92 bits per heavy atom. The predicted octanol–water partition coefficient (Wildman–Crippen LogP) is 6.46. The standard InChI is InChI=1S/C21H24F2N2O/c1-20(2,3)15-9-13(10-16(19(15)26)21(4,5)6)12-24-25-18-8-7-14(22)11-17(18)23/h7-12H,1-6H3. The number of rotatable bonds is 2. The van der Waals surface area contributed by atoms with Crippen LogP contribution in [0.3, 0.4) is 0 Å². The maximum atomic E-state index is 13.6. The largest absolute Gasteiger partial charge is 0.289 e. The van der Waals surface area contributed by atoms with Crippen molar-refractivity contribution in [2.24, 2.45) is 21.1 Å². The van der Waals surface area contributed by atoms with Crippen LogP contribution in [0.4, 0.5) is 14.5 Å². The summed E-state index contributed by atoms with van der Waals surface area (Å²) in [6.45, 7) is 11.9. The molecule has 5 heteroatoms. The summed E-state index contributed by atoms with van der Waals surface area (Å²) in [5, 5.41) is 7.71. The topological polar surface area (TPSA) is 41.8 Å². The number of nitrogens with zero attached hydrogens (tertiary/aromatic N) is 2. The van der Waals surface area contributed by atoms with Crippen molar-refractivity contribution in [1.82, 2.24) is 0 Å². The van der Waals surface area contributed by atoms with Gasteiger partial charge in [0.25, 0.3) is 0 Å². The molecule has 0 unspecified atom stereocenters. The Hall–Kier alpha value is -2.43. The zero-order chi connectivity index (χ0) is 19.7. The first-order valence-corrected chi connectivity index (χ1v) is 8.45. The van der Waals surface area contributed by atoms with E-state index in [2.05, 4.69) is 10.2 Å². The van der Waals surface area contributed by atoms with E-state index in [-0.39, 0.29) is 22.3 Å². The lowest BCUT2D eigenvalue weighted by atomic mass is 9.72. The number of hydrogen-bond donors (Lipinski definition) is 0. The van der Waals surface area contributed by atoms with Crippen LogP contribution in [0.2, 0.25) is 0 Å². The van der Waals surface area contributed by atoms with Gasteiger partial charge in [-0.2, -0.15) is 5.11 Å². The van der Waals surface area contributed by atoms with Crippen LogP contribution in [0.5, 0.6) is 0 Å². The molecule has 1 aromatic rings. The van der Waals surface area contributed by atoms with Crippen molar-refractivity contribution in [3.05, 3.63) is 64.9 Å². The second-order valence-corrected chi connectivity index (χ2v) is 8.39. The molecule has 0 saturated heterocycles. The number of halogens is 2. The van der Waals surface area contributed by atoms with Gasteiger partial charge in [0, 0.05) is 17.2 Å². The van der Waals surface area contributed by atoms with E-state index in [4.69, 9.17) is 0 Å². The number of carbonyl (C=O) groups excluding carboxylic acids is 1. The summed E-state index contributed by atoms with van der Waals surface area (Å²) in [6.07, 6.45) is 5.06. The first-order chi connectivity index (χ1) is 11.9. The van der Waals surface area contributed by atoms with Gasteiger partial charge in [-0.1, -0.05) is 41.5 Å². The third-order valence-corrected chi connectivity index (χ3v) is 4.01. The summed E-state index contributed by atoms with van der Waals surface area (Å²) in [5.74, 6) is -1.41. The molecule has 0 fully saturated rings. The number of Topliss-reactive ketones (excluding diaryl/α,β-unsaturated/α-hetero) is 1. The van der Waals surface area contributed by atoms with Crippen LogP contribution in [0, 0.1) is 22.5 Å². The van der Waals surface area contributed by atoms with Gasteiger partial charge in [0.2, 0.25) is 0 Å². The van der Waals surface area contributed by atoms with Gasteiger partial charge in [-0.25, -0.2) is 8.78 Å². The first kappa shape index (κ1) is 19.9. The van der Waals surface area contributed by atoms with Crippen LogP contribution >= 0.6 is 0 Å². The molecule has 1 aliphatic carbocycles. The van der Waals surface area contributed by atoms with Crippen LogP contribution in [-0.2, 0) is 4.79 Å². The number of azo groups is 1. The van der Waals surface area contributed by atoms with E-state index in [9.17, 15) is 13.6 Å². The fourth-order valence-electron chi connectivity index (χ4n) is 2.56. The van der Waals surface area contributed by atoms with E-state index in [0.29, 0.717) is 16.7 Å². The monoisotopic (exact) mass is 358 g/mol. The zero-order valence-electron chi connectivity index (χ0n) is 16.0. The summed E-state index contributed by atoms with van der Waals surface area (Å²) in [6, 6.07) is 3.11. The van der Waals surface area contributed by atoms with Crippen LogP contribution < -0.4 is 0 Å². The first-order valence-electron chi connectivity index (χ1n) is 8.45. The van der Waals surface area contributed by atoms with Gasteiger partial charge in [0.1, 0.15) is 11.5 Å². The Morgan fingerprint density at radius 2 is 1.46 bits per heavy atom. The molecule has 0 aromatic heterocycles. The number of allylic oxidation sites excluding steroid dienone is 5. The number of hydrogen-bond acceptors (Lipinski definition) is 3. The molecular weight excluding hydrogens is 334 g/mol. The van der Waals surface area contributed by atoms with Crippen molar-refractivity contribution in [3.63, 3.8) is 0 Å². The van der Waals surface area contributed by atoms with Crippen molar-refractivity contribution in [2.45, 2.75) is 41.5 Å². The van der Waals surface area contributed by atoms with E-state index in [1.54, 1.807) is 12.2 Å². The van der Waals surface area contributed by atoms with E-state index < -0.39 is 11.6 Å². The lowest BCUT2D eigenvalue weighted by molar-refractivity contribution is -0.114. The van der Waals surface area contributed by atoms with Gasteiger partial charge >= 0.3 is 0 Å². The minimum absolute atomic E-state index is 0.0312. The molecule has 0 N–H and O–H groups in total. The average Bonchev–Trinajstić information content (AvgIpc) is 2.48. The van der Waals surface area contributed by atoms with Crippen molar-refractivity contribution in [3.8, 4) is 0 Å². The van der Waals surface area contributed by atoms with E-state index in [1.165, 1.54) is 12.3 Å². The molecule has 1 aliphatic rings. The van der Waals surface area contributed by atoms with Crippen LogP contribution in [-0.4, -0.2) is 5.78 Å². The third-order valence-electron chi connectivity index (χ3n) is 4.01. The molecule has 2 rings (SSSR count). The number of ketones is 1. The molecule has 1 aromatic carbocycles. The lowest BCUT2D eigenvalue weighted by Crippen LogP contribution is -2.27. The summed E-state index contributed by atoms with van der Waals surface area (Å²) in [5.41, 5.74) is 1.42. The highest BCUT2D eigenvalue weighted by Gasteiger charge is 2.33. The van der Waals surface area contributed by atoms with Gasteiger partial charge in [-0.05, 0) is 40.7 Å². The summed E-state index contributed by atoms with van der Waals surface area (Å²) < 4.78 is 26.6. The molecular formula is C21H24F2N2O. The molecule has 0 saturated carbocycles. The fraction of sp³-hybridized carbons (Fsp3) is 0.381. The Bertz CT molecular complexity index is 812. The number of carbonyl (C=O) groups is 1. The van der Waals surface area contributed by atoms with E-state index in [0.717, 1.165) is 12.1 Å². The van der Waals surface area contributed by atoms with Crippen molar-refractivity contribution in [2.75, 3.05) is 0 Å². The molecule has 0 heterocycles. The highest BCUT2D eigenvalue weighted by Crippen LogP contribution is 2.38. The molecule has 3 nitrogen and oxygen atoms in total. The Labute approximate surface area is 153 Å². The molecule has 0 amide bonds. The van der Waals surface area contributed by atoms with Crippen LogP contribution in [0.25, 0.3) is 0 Å². The molecule has 0 atom stereocenters. The SMILES string of the molecule is CC(C)(C)C1=CC(=CN=Nc2ccc(F)cc2F)C=C(C(C)(C)C)C1=O. The fourth-order valence-corrected chi connectivity index (χ4v) is 2.56. The normalized spacial score (nSPS) is 16.0. The maximum absolute atomic E-state index is 13.6. The second-order valence-electron chi connectivity index (χ2n) is 8.39. The highest BCUT2D eigenvalue weighted by molar-refractivity contribution is 6.11. The zero-order valence-corrected chi connectivity index (χ0v) is 16.0. The predicted molar refractivity (Wildman–Crippen MR) is 99.0 cm³/mol. The summed E-state index contributed by atoms with van der Waals surface area (Å²) in [7, 11) is 0. The van der Waals surface area contributed by atoms with Crippen molar-refractivity contribution >= 4 is 11.5 Å². The van der Waals surface area contributed by atoms with Gasteiger partial charge in [0.05, 0.1) is 6.20 Å².